The fraction of sp³-hybridized carbons (Fsp3) is 0.733. The van der Waals surface area contributed by atoms with Gasteiger partial charge in [0.2, 0.25) is 0 Å². The van der Waals surface area contributed by atoms with Crippen LogP contribution in [-0.4, -0.2) is 31.1 Å². The molecule has 2 nitrogen and oxygen atoms in total. The Kier molecular flexibility index (Phi) is 4.34. The van der Waals surface area contributed by atoms with Gasteiger partial charge >= 0.3 is 0 Å². The minimum absolute atomic E-state index is 0.701. The summed E-state index contributed by atoms with van der Waals surface area (Å²) in [5.74, 6) is 0.899. The molecule has 1 saturated heterocycles. The zero-order valence-electron chi connectivity index (χ0n) is 11.1. The molecular formula is C15H24N2S. The summed E-state index contributed by atoms with van der Waals surface area (Å²) in [5.41, 5.74) is 0. The van der Waals surface area contributed by atoms with Crippen molar-refractivity contribution in [3.05, 3.63) is 22.4 Å². The lowest BCUT2D eigenvalue weighted by Crippen LogP contribution is -2.47. The second kappa shape index (κ2) is 6.18. The highest BCUT2D eigenvalue weighted by Crippen LogP contribution is 2.40. The molecule has 0 spiro atoms. The summed E-state index contributed by atoms with van der Waals surface area (Å²) in [4.78, 5) is 4.34. The van der Waals surface area contributed by atoms with E-state index in [1.165, 1.54) is 45.2 Å². The Morgan fingerprint density at radius 3 is 2.61 bits per heavy atom. The third-order valence-electron chi connectivity index (χ3n) is 4.48. The van der Waals surface area contributed by atoms with Crippen LogP contribution < -0.4 is 5.32 Å². The average Bonchev–Trinajstić information content (AvgIpc) is 2.95. The van der Waals surface area contributed by atoms with Gasteiger partial charge in [-0.05, 0) is 30.2 Å². The van der Waals surface area contributed by atoms with Crippen LogP contribution in [0.5, 0.6) is 0 Å². The molecule has 0 amide bonds. The second-order valence-electron chi connectivity index (χ2n) is 5.64. The van der Waals surface area contributed by atoms with Crippen LogP contribution in [0, 0.1) is 5.92 Å². The molecule has 100 valence electrons. The van der Waals surface area contributed by atoms with Crippen molar-refractivity contribution in [3.8, 4) is 0 Å². The van der Waals surface area contributed by atoms with E-state index in [2.05, 4.69) is 27.7 Å². The Labute approximate surface area is 114 Å². The van der Waals surface area contributed by atoms with Gasteiger partial charge in [0.05, 0.1) is 0 Å². The predicted molar refractivity (Wildman–Crippen MR) is 78.1 cm³/mol. The standard InChI is InChI=1S/C15H24N2S/c1-2-5-13(6-3-1)15(14-7-4-12-18-14)17-10-8-16-9-11-17/h4,7,12-13,15-16H,1-3,5-6,8-11H2/t15-/m1/s1. The Morgan fingerprint density at radius 2 is 1.94 bits per heavy atom. The van der Waals surface area contributed by atoms with Gasteiger partial charge in [-0.15, -0.1) is 11.3 Å². The van der Waals surface area contributed by atoms with Crippen LogP contribution in [0.1, 0.15) is 43.0 Å². The van der Waals surface area contributed by atoms with Crippen molar-refractivity contribution in [1.82, 2.24) is 10.2 Å². The molecule has 2 fully saturated rings. The van der Waals surface area contributed by atoms with Crippen molar-refractivity contribution >= 4 is 11.3 Å². The quantitative estimate of drug-likeness (QED) is 0.901. The third-order valence-corrected chi connectivity index (χ3v) is 5.42. The molecule has 1 saturated carbocycles. The number of hydrogen-bond acceptors (Lipinski definition) is 3. The third kappa shape index (κ3) is 2.79. The molecule has 2 aliphatic rings. The zero-order chi connectivity index (χ0) is 12.2. The number of hydrogen-bond donors (Lipinski definition) is 1. The minimum atomic E-state index is 0.701. The molecule has 0 aromatic carbocycles. The zero-order valence-corrected chi connectivity index (χ0v) is 11.9. The van der Waals surface area contributed by atoms with Gasteiger partial charge in [0.25, 0.3) is 0 Å². The molecule has 1 atom stereocenters. The molecule has 1 aliphatic carbocycles. The Balaban J connectivity index is 1.78. The lowest BCUT2D eigenvalue weighted by atomic mass is 9.82. The van der Waals surface area contributed by atoms with E-state index in [-0.39, 0.29) is 0 Å². The molecule has 3 heteroatoms. The molecule has 2 heterocycles. The summed E-state index contributed by atoms with van der Waals surface area (Å²) < 4.78 is 0. The highest BCUT2D eigenvalue weighted by atomic mass is 32.1. The number of piperazine rings is 1. The summed E-state index contributed by atoms with van der Waals surface area (Å²) in [7, 11) is 0. The Bertz CT molecular complexity index is 319. The molecule has 1 aliphatic heterocycles. The first kappa shape index (κ1) is 12.6. The predicted octanol–water partition coefficient (Wildman–Crippen LogP) is 3.27. The topological polar surface area (TPSA) is 15.3 Å². The number of nitrogens with zero attached hydrogens (tertiary/aromatic N) is 1. The molecule has 1 aromatic rings. The van der Waals surface area contributed by atoms with E-state index in [0.717, 1.165) is 19.0 Å². The fourth-order valence-electron chi connectivity index (χ4n) is 3.58. The summed E-state index contributed by atoms with van der Waals surface area (Å²) in [6, 6.07) is 5.27. The maximum atomic E-state index is 3.48. The van der Waals surface area contributed by atoms with E-state index in [1.54, 1.807) is 4.88 Å². The molecule has 18 heavy (non-hydrogen) atoms. The fourth-order valence-corrected chi connectivity index (χ4v) is 4.53. The normalized spacial score (nSPS) is 25.1. The average molecular weight is 264 g/mol. The van der Waals surface area contributed by atoms with Crippen molar-refractivity contribution < 1.29 is 0 Å². The van der Waals surface area contributed by atoms with Crippen LogP contribution >= 0.6 is 11.3 Å². The monoisotopic (exact) mass is 264 g/mol. The largest absolute Gasteiger partial charge is 0.314 e. The van der Waals surface area contributed by atoms with E-state index < -0.39 is 0 Å². The first-order chi connectivity index (χ1) is 8.95. The summed E-state index contributed by atoms with van der Waals surface area (Å²) in [6.07, 6.45) is 7.21. The summed E-state index contributed by atoms with van der Waals surface area (Å²) in [5, 5.41) is 5.72. The lowest BCUT2D eigenvalue weighted by Gasteiger charge is -2.40. The minimum Gasteiger partial charge on any atom is -0.314 e. The molecule has 0 unspecified atom stereocenters. The number of thiophene rings is 1. The Morgan fingerprint density at radius 1 is 1.17 bits per heavy atom. The summed E-state index contributed by atoms with van der Waals surface area (Å²) in [6.45, 7) is 4.77. The highest BCUT2D eigenvalue weighted by molar-refractivity contribution is 7.10. The first-order valence-corrected chi connectivity index (χ1v) is 8.31. The van der Waals surface area contributed by atoms with E-state index in [0.29, 0.717) is 6.04 Å². The second-order valence-corrected chi connectivity index (χ2v) is 6.62. The van der Waals surface area contributed by atoms with E-state index in [4.69, 9.17) is 0 Å². The van der Waals surface area contributed by atoms with Gasteiger partial charge in [-0.2, -0.15) is 0 Å². The maximum absolute atomic E-state index is 3.48. The van der Waals surface area contributed by atoms with Crippen molar-refractivity contribution in [2.24, 2.45) is 5.92 Å². The number of rotatable bonds is 3. The first-order valence-electron chi connectivity index (χ1n) is 7.43. The van der Waals surface area contributed by atoms with Gasteiger partial charge in [-0.1, -0.05) is 25.3 Å². The van der Waals surface area contributed by atoms with Crippen LogP contribution in [0.25, 0.3) is 0 Å². The van der Waals surface area contributed by atoms with Crippen molar-refractivity contribution in [1.29, 1.82) is 0 Å². The molecule has 0 bridgehead atoms. The molecule has 3 rings (SSSR count). The van der Waals surface area contributed by atoms with Crippen LogP contribution in [0.4, 0.5) is 0 Å². The smallest absolute Gasteiger partial charge is 0.0470 e. The van der Waals surface area contributed by atoms with E-state index >= 15 is 0 Å². The maximum Gasteiger partial charge on any atom is 0.0470 e. The van der Waals surface area contributed by atoms with Gasteiger partial charge in [0.1, 0.15) is 0 Å². The molecule has 0 radical (unpaired) electrons. The van der Waals surface area contributed by atoms with Crippen molar-refractivity contribution in [2.75, 3.05) is 26.2 Å². The molecule has 1 aromatic heterocycles. The molecule has 1 N–H and O–H groups in total. The van der Waals surface area contributed by atoms with Crippen molar-refractivity contribution in [3.63, 3.8) is 0 Å². The number of nitrogens with one attached hydrogen (secondary N) is 1. The van der Waals surface area contributed by atoms with Crippen LogP contribution in [0.15, 0.2) is 17.5 Å². The van der Waals surface area contributed by atoms with Crippen LogP contribution in [0.2, 0.25) is 0 Å². The Hall–Kier alpha value is -0.380. The lowest BCUT2D eigenvalue weighted by molar-refractivity contribution is 0.106. The van der Waals surface area contributed by atoms with Gasteiger partial charge in [0, 0.05) is 37.1 Å². The highest BCUT2D eigenvalue weighted by Gasteiger charge is 2.31. The van der Waals surface area contributed by atoms with Crippen LogP contribution in [-0.2, 0) is 0 Å². The van der Waals surface area contributed by atoms with E-state index in [9.17, 15) is 0 Å². The van der Waals surface area contributed by atoms with Gasteiger partial charge in [0.15, 0.2) is 0 Å². The van der Waals surface area contributed by atoms with Gasteiger partial charge < -0.3 is 5.32 Å². The van der Waals surface area contributed by atoms with Gasteiger partial charge in [-0.25, -0.2) is 0 Å². The van der Waals surface area contributed by atoms with Gasteiger partial charge in [-0.3, -0.25) is 4.90 Å². The van der Waals surface area contributed by atoms with E-state index in [1.807, 2.05) is 11.3 Å². The molecular weight excluding hydrogens is 240 g/mol. The van der Waals surface area contributed by atoms with Crippen LogP contribution in [0.3, 0.4) is 0 Å². The summed E-state index contributed by atoms with van der Waals surface area (Å²) >= 11 is 1.96. The van der Waals surface area contributed by atoms with Crippen molar-refractivity contribution in [2.45, 2.75) is 38.1 Å². The SMILES string of the molecule is c1csc([C@@H](C2CCCCC2)N2CCNCC2)c1.